The molecule has 16 heavy (non-hydrogen) atoms. The van der Waals surface area contributed by atoms with Gasteiger partial charge in [0.25, 0.3) is 0 Å². The van der Waals surface area contributed by atoms with Crippen molar-refractivity contribution in [2.45, 2.75) is 13.8 Å². The topological polar surface area (TPSA) is 9.23 Å². The lowest BCUT2D eigenvalue weighted by atomic mass is 10.1. The summed E-state index contributed by atoms with van der Waals surface area (Å²) >= 11 is 0. The third-order valence-electron chi connectivity index (χ3n) is 2.71. The Morgan fingerprint density at radius 2 is 1.88 bits per heavy atom. The van der Waals surface area contributed by atoms with Crippen molar-refractivity contribution in [3.05, 3.63) is 53.3 Å². The predicted octanol–water partition coefficient (Wildman–Crippen LogP) is 4.37. The van der Waals surface area contributed by atoms with Gasteiger partial charge in [0, 0.05) is 10.5 Å². The summed E-state index contributed by atoms with van der Waals surface area (Å²) in [6.07, 6.45) is 1.89. The van der Waals surface area contributed by atoms with Gasteiger partial charge in [-0.05, 0) is 35.8 Å². The first-order chi connectivity index (χ1) is 7.77. The van der Waals surface area contributed by atoms with Crippen molar-refractivity contribution in [1.29, 1.82) is 0 Å². The molecule has 3 rings (SSSR count). The summed E-state index contributed by atoms with van der Waals surface area (Å²) in [6.45, 7) is 4.32. The fourth-order valence-electron chi connectivity index (χ4n) is 1.93. The fraction of sp³-hybridized carbons (Fsp3) is 0.154. The van der Waals surface area contributed by atoms with Crippen molar-refractivity contribution in [1.82, 2.24) is 0 Å². The average molecular weight is 248 g/mol. The van der Waals surface area contributed by atoms with Crippen LogP contribution in [0.2, 0.25) is 0 Å². The molecule has 0 aromatic heterocycles. The summed E-state index contributed by atoms with van der Waals surface area (Å²) in [5, 5.41) is 0. The van der Waals surface area contributed by atoms with Gasteiger partial charge in [-0.25, -0.2) is 0 Å². The Labute approximate surface area is 102 Å². The second-order valence-corrected chi connectivity index (χ2v) is 6.92. The Morgan fingerprint density at radius 1 is 1.12 bits per heavy atom. The zero-order valence-electron chi connectivity index (χ0n) is 9.19. The Bertz CT molecular complexity index is 538. The van der Waals surface area contributed by atoms with E-state index in [2.05, 4.69) is 44.2 Å². The van der Waals surface area contributed by atoms with E-state index in [1.165, 1.54) is 26.5 Å². The molecule has 0 spiro atoms. The van der Waals surface area contributed by atoms with E-state index in [4.69, 9.17) is 4.18 Å². The summed E-state index contributed by atoms with van der Waals surface area (Å²) in [6, 6.07) is 10.5. The number of hydrogen-bond donors (Lipinski definition) is 0. The van der Waals surface area contributed by atoms with E-state index >= 15 is 0 Å². The molecule has 2 aliphatic heterocycles. The monoisotopic (exact) mass is 248 g/mol. The third-order valence-corrected chi connectivity index (χ3v) is 6.50. The molecule has 1 nitrogen and oxygen atoms in total. The largest absolute Gasteiger partial charge is 0.430 e. The summed E-state index contributed by atoms with van der Waals surface area (Å²) < 4.78 is 5.66. The molecule has 0 amide bonds. The fourth-order valence-corrected chi connectivity index (χ4v) is 6.09. The highest BCUT2D eigenvalue weighted by Crippen LogP contribution is 2.55. The summed E-state index contributed by atoms with van der Waals surface area (Å²) in [4.78, 5) is 2.76. The van der Waals surface area contributed by atoms with E-state index in [0.29, 0.717) is 0 Å². The summed E-state index contributed by atoms with van der Waals surface area (Å²) in [5.41, 5.74) is 3.96. The van der Waals surface area contributed by atoms with Crippen LogP contribution >= 0.6 is 20.6 Å². The molecular weight excluding hydrogens is 236 g/mol. The summed E-state index contributed by atoms with van der Waals surface area (Å²) in [7, 11) is 1.75. The van der Waals surface area contributed by atoms with Crippen molar-refractivity contribution in [3.63, 3.8) is 0 Å². The minimum Gasteiger partial charge on any atom is -0.430 e. The van der Waals surface area contributed by atoms with Gasteiger partial charge < -0.3 is 4.18 Å². The molecule has 0 fully saturated rings. The standard InChI is InChI=1S/C13H12OS2/c1-9-8-14-16-13(9)10(2)12(15-16)11-6-4-3-5-7-11/h3-8H,1-2H3. The Balaban J connectivity index is 2.05. The van der Waals surface area contributed by atoms with Crippen LogP contribution in [0.4, 0.5) is 0 Å². The number of allylic oxidation sites excluding steroid dienone is 2. The summed E-state index contributed by atoms with van der Waals surface area (Å²) in [5.74, 6) is 0. The van der Waals surface area contributed by atoms with E-state index in [1.54, 1.807) is 0 Å². The molecule has 0 saturated heterocycles. The lowest BCUT2D eigenvalue weighted by Crippen LogP contribution is -1.96. The quantitative estimate of drug-likeness (QED) is 0.539. The van der Waals surface area contributed by atoms with Crippen molar-refractivity contribution in [2.75, 3.05) is 0 Å². The SMILES string of the molecule is CC1=COS2=C1C(C)=C(c1ccccc1)S2. The van der Waals surface area contributed by atoms with Gasteiger partial charge in [-0.2, -0.15) is 0 Å². The van der Waals surface area contributed by atoms with Crippen LogP contribution in [0, 0.1) is 0 Å². The van der Waals surface area contributed by atoms with Crippen LogP contribution in [0.5, 0.6) is 0 Å². The number of hydrogen-bond acceptors (Lipinski definition) is 2. The van der Waals surface area contributed by atoms with Gasteiger partial charge in [0.05, 0.1) is 14.7 Å². The van der Waals surface area contributed by atoms with E-state index in [0.717, 1.165) is 0 Å². The molecule has 1 unspecified atom stereocenters. The van der Waals surface area contributed by atoms with Crippen LogP contribution in [0.15, 0.2) is 47.7 Å². The smallest absolute Gasteiger partial charge is 0.106 e. The molecule has 2 aliphatic rings. The molecule has 0 N–H and O–H groups in total. The van der Waals surface area contributed by atoms with Gasteiger partial charge in [0.15, 0.2) is 0 Å². The Morgan fingerprint density at radius 3 is 2.56 bits per heavy atom. The van der Waals surface area contributed by atoms with Crippen molar-refractivity contribution in [3.8, 4) is 0 Å². The lowest BCUT2D eigenvalue weighted by Gasteiger charge is -2.05. The molecule has 1 aromatic rings. The molecule has 0 aliphatic carbocycles. The predicted molar refractivity (Wildman–Crippen MR) is 74.1 cm³/mol. The third kappa shape index (κ3) is 1.46. The van der Waals surface area contributed by atoms with Gasteiger partial charge in [0.2, 0.25) is 0 Å². The first kappa shape index (κ1) is 10.2. The number of benzene rings is 1. The van der Waals surface area contributed by atoms with Crippen LogP contribution in [0.1, 0.15) is 19.4 Å². The molecule has 0 radical (unpaired) electrons. The normalized spacial score (nSPS) is 23.2. The Kier molecular flexibility index (Phi) is 2.45. The van der Waals surface area contributed by atoms with Crippen LogP contribution in [0.25, 0.3) is 4.91 Å². The molecule has 0 bridgehead atoms. The number of rotatable bonds is 1. The molecule has 82 valence electrons. The van der Waals surface area contributed by atoms with Crippen LogP contribution < -0.4 is 0 Å². The molecule has 2 heterocycles. The molecular formula is C13H12OS2. The van der Waals surface area contributed by atoms with Gasteiger partial charge in [-0.15, -0.1) is 0 Å². The van der Waals surface area contributed by atoms with Crippen LogP contribution in [0.3, 0.4) is 0 Å². The van der Waals surface area contributed by atoms with Crippen LogP contribution in [-0.4, -0.2) is 4.86 Å². The zero-order chi connectivity index (χ0) is 11.1. The first-order valence-electron chi connectivity index (χ1n) is 5.18. The second-order valence-electron chi connectivity index (χ2n) is 3.86. The highest BCUT2D eigenvalue weighted by Gasteiger charge is 2.28. The lowest BCUT2D eigenvalue weighted by molar-refractivity contribution is 0.574. The maximum Gasteiger partial charge on any atom is 0.106 e. The zero-order valence-corrected chi connectivity index (χ0v) is 10.8. The van der Waals surface area contributed by atoms with Crippen molar-refractivity contribution < 1.29 is 4.18 Å². The van der Waals surface area contributed by atoms with E-state index < -0.39 is 0 Å². The molecule has 1 aromatic carbocycles. The van der Waals surface area contributed by atoms with Crippen LogP contribution in [-0.2, 0) is 4.18 Å². The highest BCUT2D eigenvalue weighted by atomic mass is 33.1. The molecule has 3 heteroatoms. The Hall–Kier alpha value is -0.930. The second kappa shape index (κ2) is 3.82. The minimum absolute atomic E-state index is 0.0920. The van der Waals surface area contributed by atoms with Gasteiger partial charge >= 0.3 is 0 Å². The van der Waals surface area contributed by atoms with Gasteiger partial charge in [-0.3, -0.25) is 0 Å². The molecule has 1 atom stereocenters. The van der Waals surface area contributed by atoms with Gasteiger partial charge in [0.1, 0.15) is 6.26 Å². The highest BCUT2D eigenvalue weighted by molar-refractivity contribution is 8.86. The van der Waals surface area contributed by atoms with Crippen molar-refractivity contribution in [2.24, 2.45) is 0 Å². The molecule has 0 saturated carbocycles. The van der Waals surface area contributed by atoms with E-state index in [9.17, 15) is 0 Å². The van der Waals surface area contributed by atoms with E-state index in [1.807, 2.05) is 17.1 Å². The van der Waals surface area contributed by atoms with Crippen molar-refractivity contribution >= 4 is 30.4 Å². The maximum absolute atomic E-state index is 5.66. The maximum atomic E-state index is 5.66. The minimum atomic E-state index is -0.0920. The average Bonchev–Trinajstić information content (AvgIpc) is 2.83. The van der Waals surface area contributed by atoms with Gasteiger partial charge in [-0.1, -0.05) is 30.3 Å². The first-order valence-corrected chi connectivity index (χ1v) is 7.66. The van der Waals surface area contributed by atoms with E-state index in [-0.39, 0.29) is 9.80 Å².